The van der Waals surface area contributed by atoms with Crippen molar-refractivity contribution in [1.82, 2.24) is 9.13 Å². The van der Waals surface area contributed by atoms with Crippen LogP contribution < -0.4 is 11.2 Å². The number of aromatic nitrogens is 2. The molecule has 0 amide bonds. The highest BCUT2D eigenvalue weighted by Crippen LogP contribution is 2.42. The van der Waals surface area contributed by atoms with E-state index >= 15 is 0 Å². The number of aliphatic hydroxyl groups excluding tert-OH is 1. The van der Waals surface area contributed by atoms with Crippen molar-refractivity contribution in [2.45, 2.75) is 62.9 Å². The summed E-state index contributed by atoms with van der Waals surface area (Å²) >= 11 is 0. The zero-order chi connectivity index (χ0) is 31.7. The average Bonchev–Trinajstić information content (AvgIpc) is 3.69. The SMILES string of the molecule is CC1(C)O[C@@H]2[C@H](O1)[C@@H](CO)O[C@H]2n1ccc(=O)n([C@H]2C[C@H](COC(=O)c3ccccc3)[C@@H](COC(=O)c3ccccc3)O2)c1=O. The molecule has 6 rings (SSSR count). The summed E-state index contributed by atoms with van der Waals surface area (Å²) in [6.07, 6.45) is -3.53. The molecule has 3 aliphatic rings. The zero-order valence-corrected chi connectivity index (χ0v) is 24.7. The average molecular weight is 623 g/mol. The van der Waals surface area contributed by atoms with E-state index in [1.165, 1.54) is 16.8 Å². The second kappa shape index (κ2) is 12.7. The van der Waals surface area contributed by atoms with Gasteiger partial charge in [-0.2, -0.15) is 0 Å². The maximum atomic E-state index is 13.9. The highest BCUT2D eigenvalue weighted by atomic mass is 16.8. The summed E-state index contributed by atoms with van der Waals surface area (Å²) in [6, 6.07) is 18.1. The molecule has 7 atom stereocenters. The smallest absolute Gasteiger partial charge is 0.338 e. The summed E-state index contributed by atoms with van der Waals surface area (Å²) in [6.45, 7) is 2.78. The van der Waals surface area contributed by atoms with E-state index < -0.39 is 71.8 Å². The van der Waals surface area contributed by atoms with Crippen molar-refractivity contribution in [1.29, 1.82) is 0 Å². The van der Waals surface area contributed by atoms with E-state index in [1.807, 2.05) is 0 Å². The Balaban J connectivity index is 1.24. The molecule has 0 unspecified atom stereocenters. The summed E-state index contributed by atoms with van der Waals surface area (Å²) in [5.74, 6) is -2.61. The van der Waals surface area contributed by atoms with Gasteiger partial charge in [-0.1, -0.05) is 36.4 Å². The molecule has 0 aliphatic carbocycles. The number of aliphatic hydroxyl groups is 1. The second-order valence-electron chi connectivity index (χ2n) is 11.6. The number of fused-ring (bicyclic) bond motifs is 1. The number of hydrogen-bond donors (Lipinski definition) is 1. The molecule has 13 nitrogen and oxygen atoms in total. The van der Waals surface area contributed by atoms with E-state index in [4.69, 9.17) is 28.4 Å². The third-order valence-electron chi connectivity index (χ3n) is 8.10. The topological polar surface area (TPSA) is 154 Å². The molecule has 4 heterocycles. The number of ether oxygens (including phenoxy) is 6. The number of hydrogen-bond acceptors (Lipinski definition) is 11. The Morgan fingerprint density at radius 1 is 0.844 bits per heavy atom. The van der Waals surface area contributed by atoms with Crippen LogP contribution >= 0.6 is 0 Å². The molecule has 1 aromatic heterocycles. The first kappa shape index (κ1) is 30.9. The maximum absolute atomic E-state index is 13.9. The van der Waals surface area contributed by atoms with Crippen LogP contribution in [0.2, 0.25) is 0 Å². The Labute approximate surface area is 257 Å². The molecule has 0 saturated carbocycles. The number of carbonyl (C=O) groups excluding carboxylic acids is 2. The lowest BCUT2D eigenvalue weighted by Crippen LogP contribution is -2.44. The van der Waals surface area contributed by atoms with Gasteiger partial charge in [0.1, 0.15) is 37.3 Å². The fraction of sp³-hybridized carbons (Fsp3) is 0.438. The van der Waals surface area contributed by atoms with Crippen LogP contribution in [0.5, 0.6) is 0 Å². The van der Waals surface area contributed by atoms with Crippen LogP contribution in [0.3, 0.4) is 0 Å². The van der Waals surface area contributed by atoms with Gasteiger partial charge in [0.2, 0.25) is 0 Å². The Morgan fingerprint density at radius 3 is 2.07 bits per heavy atom. The van der Waals surface area contributed by atoms with Crippen molar-refractivity contribution in [2.75, 3.05) is 19.8 Å². The molecule has 0 bridgehead atoms. The van der Waals surface area contributed by atoms with Crippen LogP contribution in [0.1, 0.15) is 53.4 Å². The Kier molecular flexibility index (Phi) is 8.71. The van der Waals surface area contributed by atoms with E-state index in [-0.39, 0.29) is 26.2 Å². The summed E-state index contributed by atoms with van der Waals surface area (Å²) in [7, 11) is 0. The molecule has 3 saturated heterocycles. The minimum Gasteiger partial charge on any atom is -0.462 e. The van der Waals surface area contributed by atoms with Crippen LogP contribution in [0.15, 0.2) is 82.5 Å². The maximum Gasteiger partial charge on any atom is 0.338 e. The van der Waals surface area contributed by atoms with E-state index in [9.17, 15) is 24.3 Å². The first-order valence-electron chi connectivity index (χ1n) is 14.7. The standard InChI is InChI=1S/C32H34N2O11/c1-32(2)44-26-22(16-35)43-28(27(26)45-32)33-14-13-24(36)34(31(33)39)25-15-21(17-40-29(37)19-9-5-3-6-10-19)23(42-25)18-41-30(38)20-11-7-4-8-12-20/h3-14,21-23,25-28,35H,15-18H2,1-2H3/t21-,22-,23-,25-,26-,27-,28-/m1/s1. The minimum absolute atomic E-state index is 0.109. The minimum atomic E-state index is -1.07. The second-order valence-corrected chi connectivity index (χ2v) is 11.6. The molecule has 0 radical (unpaired) electrons. The quantitative estimate of drug-likeness (QED) is 0.349. The van der Waals surface area contributed by atoms with Gasteiger partial charge in [0.05, 0.1) is 24.3 Å². The third kappa shape index (κ3) is 6.35. The largest absolute Gasteiger partial charge is 0.462 e. The van der Waals surface area contributed by atoms with Crippen LogP contribution in [0.25, 0.3) is 0 Å². The van der Waals surface area contributed by atoms with Gasteiger partial charge < -0.3 is 33.5 Å². The van der Waals surface area contributed by atoms with Crippen LogP contribution in [-0.4, -0.2) is 76.2 Å². The summed E-state index contributed by atoms with van der Waals surface area (Å²) in [5.41, 5.74) is -0.649. The van der Waals surface area contributed by atoms with Gasteiger partial charge in [0, 0.05) is 24.6 Å². The van der Waals surface area contributed by atoms with Crippen molar-refractivity contribution < 1.29 is 43.1 Å². The summed E-state index contributed by atoms with van der Waals surface area (Å²) < 4.78 is 37.3. The van der Waals surface area contributed by atoms with Gasteiger partial charge in [0.15, 0.2) is 12.0 Å². The van der Waals surface area contributed by atoms with E-state index in [0.29, 0.717) is 11.1 Å². The predicted octanol–water partition coefficient (Wildman–Crippen LogP) is 2.04. The Bertz CT molecular complexity index is 1570. The number of nitrogens with zero attached hydrogens (tertiary/aromatic N) is 2. The molecule has 3 aliphatic heterocycles. The van der Waals surface area contributed by atoms with Gasteiger partial charge in [-0.15, -0.1) is 0 Å². The van der Waals surface area contributed by atoms with Crippen LogP contribution in [0, 0.1) is 5.92 Å². The van der Waals surface area contributed by atoms with E-state index in [1.54, 1.807) is 74.5 Å². The molecule has 13 heteroatoms. The summed E-state index contributed by atoms with van der Waals surface area (Å²) in [4.78, 5) is 52.3. The number of benzene rings is 2. The summed E-state index contributed by atoms with van der Waals surface area (Å²) in [5, 5.41) is 9.88. The highest BCUT2D eigenvalue weighted by molar-refractivity contribution is 5.89. The number of rotatable bonds is 9. The number of esters is 2. The normalized spacial score (nSPS) is 28.5. The monoisotopic (exact) mass is 622 g/mol. The van der Waals surface area contributed by atoms with Gasteiger partial charge >= 0.3 is 17.6 Å². The number of carbonyl (C=O) groups is 2. The van der Waals surface area contributed by atoms with Crippen molar-refractivity contribution in [3.05, 3.63) is 105 Å². The molecular weight excluding hydrogens is 588 g/mol. The van der Waals surface area contributed by atoms with Crippen LogP contribution in [0.4, 0.5) is 0 Å². The third-order valence-corrected chi connectivity index (χ3v) is 8.10. The lowest BCUT2D eigenvalue weighted by atomic mass is 10.0. The molecule has 3 aromatic rings. The molecular formula is C32H34N2O11. The Hall–Kier alpha value is -4.14. The fourth-order valence-electron chi connectivity index (χ4n) is 5.95. The molecule has 3 fully saturated rings. The molecule has 0 spiro atoms. The first-order valence-corrected chi connectivity index (χ1v) is 14.7. The van der Waals surface area contributed by atoms with Crippen molar-refractivity contribution in [2.24, 2.45) is 5.92 Å². The molecule has 1 N–H and O–H groups in total. The van der Waals surface area contributed by atoms with Gasteiger partial charge in [0.25, 0.3) is 5.56 Å². The van der Waals surface area contributed by atoms with Gasteiger partial charge in [-0.3, -0.25) is 9.36 Å². The van der Waals surface area contributed by atoms with Gasteiger partial charge in [-0.25, -0.2) is 19.0 Å². The van der Waals surface area contributed by atoms with Crippen LogP contribution in [-0.2, 0) is 28.4 Å². The van der Waals surface area contributed by atoms with Crippen molar-refractivity contribution >= 4 is 11.9 Å². The molecule has 2 aromatic carbocycles. The van der Waals surface area contributed by atoms with Gasteiger partial charge in [-0.05, 0) is 38.1 Å². The zero-order valence-electron chi connectivity index (χ0n) is 24.7. The van der Waals surface area contributed by atoms with Crippen molar-refractivity contribution in [3.8, 4) is 0 Å². The first-order chi connectivity index (χ1) is 21.6. The highest BCUT2D eigenvalue weighted by Gasteiger charge is 2.56. The molecule has 45 heavy (non-hydrogen) atoms. The lowest BCUT2D eigenvalue weighted by molar-refractivity contribution is -0.200. The Morgan fingerprint density at radius 2 is 1.44 bits per heavy atom. The van der Waals surface area contributed by atoms with Crippen molar-refractivity contribution in [3.63, 3.8) is 0 Å². The predicted molar refractivity (Wildman–Crippen MR) is 155 cm³/mol. The lowest BCUT2D eigenvalue weighted by Gasteiger charge is -2.25. The van der Waals surface area contributed by atoms with E-state index in [2.05, 4.69) is 0 Å². The molecule has 238 valence electrons. The van der Waals surface area contributed by atoms with E-state index in [0.717, 1.165) is 4.57 Å². The fourth-order valence-corrected chi connectivity index (χ4v) is 5.95.